The second-order valence-electron chi connectivity index (χ2n) is 17.7. The van der Waals surface area contributed by atoms with Gasteiger partial charge in [-0.1, -0.05) is 204 Å². The van der Waals surface area contributed by atoms with Gasteiger partial charge in [0, 0.05) is 0 Å². The van der Waals surface area contributed by atoms with Crippen LogP contribution >= 0.6 is 0 Å². The van der Waals surface area contributed by atoms with Crippen LogP contribution in [0, 0.1) is 0 Å². The predicted octanol–water partition coefficient (Wildman–Crippen LogP) is 10.4. The molecule has 10 nitrogen and oxygen atoms in total. The molecule has 0 aromatic rings. The maximum atomic E-state index is 13.1. The Kier molecular flexibility index (Phi) is 39.2. The van der Waals surface area contributed by atoms with Crippen molar-refractivity contribution in [2.24, 2.45) is 0 Å². The normalized spacial score (nSPS) is 21.2. The lowest BCUT2D eigenvalue weighted by Gasteiger charge is -2.40. The van der Waals surface area contributed by atoms with Crippen LogP contribution in [0.4, 0.5) is 0 Å². The number of ether oxygens (including phenoxy) is 2. The molecule has 1 rings (SSSR count). The fraction of sp³-hybridized carbons (Fsp3) is 0.827. The minimum Gasteiger partial charge on any atom is -0.394 e. The van der Waals surface area contributed by atoms with Gasteiger partial charge in [-0.05, 0) is 57.8 Å². The first-order chi connectivity index (χ1) is 30.3. The van der Waals surface area contributed by atoms with Gasteiger partial charge in [0.05, 0.1) is 25.4 Å². The molecule has 1 aliphatic rings. The van der Waals surface area contributed by atoms with E-state index in [4.69, 9.17) is 9.47 Å². The molecule has 0 bridgehead atoms. The standard InChI is InChI=1S/C52H95NO9/c1-3-5-7-9-11-13-15-17-19-21-22-23-25-27-29-31-33-35-37-39-41-46(56)51(60)53-44(43-61-52-50(59)49(58)48(57)47(42-54)62-52)45(55)40-38-36-34-32-30-28-26-24-20-18-16-14-12-10-8-6-4-2/h5,7,11,13,30,32,38,40,44-50,52,54-59H,3-4,6,8-10,12,14-29,31,33-37,39,41-43H2,1-2H3,(H,53,60)/b7-5-,13-11-,32-30+,40-38+. The molecular formula is C52H95NO9. The van der Waals surface area contributed by atoms with Crippen LogP contribution in [-0.4, -0.2) is 98.7 Å². The highest BCUT2D eigenvalue weighted by Gasteiger charge is 2.44. The molecule has 0 aliphatic carbocycles. The van der Waals surface area contributed by atoms with Crippen molar-refractivity contribution in [3.8, 4) is 0 Å². The molecule has 1 amide bonds. The van der Waals surface area contributed by atoms with Gasteiger partial charge in [-0.3, -0.25) is 4.79 Å². The SMILES string of the molecule is CC/C=C\C/C=C\CCCCCCCCCCCCCCCC(O)C(=O)NC(COC1OC(CO)C(O)C(O)C1O)C(O)/C=C/CC/C=C/CCCCCCCCCCCCC. The zero-order valence-electron chi connectivity index (χ0n) is 39.5. The molecule has 1 fully saturated rings. The quantitative estimate of drug-likeness (QED) is 0.0233. The number of allylic oxidation sites excluding steroid dienone is 7. The summed E-state index contributed by atoms with van der Waals surface area (Å²) in [5.74, 6) is -0.627. The van der Waals surface area contributed by atoms with Crippen molar-refractivity contribution in [3.63, 3.8) is 0 Å². The Morgan fingerprint density at radius 1 is 0.581 bits per heavy atom. The van der Waals surface area contributed by atoms with E-state index in [1.165, 1.54) is 135 Å². The summed E-state index contributed by atoms with van der Waals surface area (Å²) in [7, 11) is 0. The molecule has 0 radical (unpaired) electrons. The van der Waals surface area contributed by atoms with Gasteiger partial charge in [-0.25, -0.2) is 0 Å². The molecule has 62 heavy (non-hydrogen) atoms. The Morgan fingerprint density at radius 2 is 1.05 bits per heavy atom. The van der Waals surface area contributed by atoms with Gasteiger partial charge in [0.2, 0.25) is 5.91 Å². The molecule has 0 aromatic heterocycles. The number of amides is 1. The second-order valence-corrected chi connectivity index (χ2v) is 17.7. The van der Waals surface area contributed by atoms with Crippen LogP contribution in [0.5, 0.6) is 0 Å². The van der Waals surface area contributed by atoms with Gasteiger partial charge in [0.25, 0.3) is 0 Å². The first-order valence-electron chi connectivity index (χ1n) is 25.5. The first-order valence-corrected chi connectivity index (χ1v) is 25.5. The lowest BCUT2D eigenvalue weighted by atomic mass is 9.99. The summed E-state index contributed by atoms with van der Waals surface area (Å²) in [6.07, 6.45) is 43.4. The predicted molar refractivity (Wildman–Crippen MR) is 255 cm³/mol. The topological polar surface area (TPSA) is 169 Å². The van der Waals surface area contributed by atoms with E-state index in [1.54, 1.807) is 6.08 Å². The number of carbonyl (C=O) groups excluding carboxylic acids is 1. The summed E-state index contributed by atoms with van der Waals surface area (Å²) < 4.78 is 11.1. The minimum absolute atomic E-state index is 0.302. The maximum absolute atomic E-state index is 13.1. The van der Waals surface area contributed by atoms with Gasteiger partial charge >= 0.3 is 0 Å². The van der Waals surface area contributed by atoms with E-state index in [9.17, 15) is 35.4 Å². The van der Waals surface area contributed by atoms with Crippen LogP contribution < -0.4 is 5.32 Å². The molecule has 7 N–H and O–H groups in total. The number of unbranched alkanes of at least 4 members (excludes halogenated alkanes) is 25. The third kappa shape index (κ3) is 31.1. The molecule has 0 saturated carbocycles. The van der Waals surface area contributed by atoms with E-state index in [1.807, 2.05) is 6.08 Å². The number of nitrogens with one attached hydrogen (secondary N) is 1. The zero-order valence-corrected chi connectivity index (χ0v) is 39.5. The Hall–Kier alpha value is -1.89. The van der Waals surface area contributed by atoms with E-state index >= 15 is 0 Å². The van der Waals surface area contributed by atoms with E-state index in [0.29, 0.717) is 19.3 Å². The highest BCUT2D eigenvalue weighted by Crippen LogP contribution is 2.23. The number of aliphatic hydroxyl groups excluding tert-OH is 6. The third-order valence-electron chi connectivity index (χ3n) is 12.0. The van der Waals surface area contributed by atoms with Crippen molar-refractivity contribution in [1.82, 2.24) is 5.32 Å². The molecule has 1 saturated heterocycles. The third-order valence-corrected chi connectivity index (χ3v) is 12.0. The van der Waals surface area contributed by atoms with Crippen LogP contribution in [0.15, 0.2) is 48.6 Å². The molecule has 10 heteroatoms. The van der Waals surface area contributed by atoms with Gasteiger partial charge in [-0.2, -0.15) is 0 Å². The molecule has 0 aromatic carbocycles. The summed E-state index contributed by atoms with van der Waals surface area (Å²) in [4.78, 5) is 13.1. The number of hydrogen-bond acceptors (Lipinski definition) is 9. The fourth-order valence-electron chi connectivity index (χ4n) is 7.86. The lowest BCUT2D eigenvalue weighted by molar-refractivity contribution is -0.302. The van der Waals surface area contributed by atoms with E-state index in [2.05, 4.69) is 55.6 Å². The fourth-order valence-corrected chi connectivity index (χ4v) is 7.86. The van der Waals surface area contributed by atoms with Crippen LogP contribution in [0.3, 0.4) is 0 Å². The van der Waals surface area contributed by atoms with Gasteiger partial charge in [-0.15, -0.1) is 0 Å². The minimum atomic E-state index is -1.62. The number of carbonyl (C=O) groups is 1. The Bertz CT molecular complexity index is 1130. The van der Waals surface area contributed by atoms with E-state index in [-0.39, 0.29) is 6.61 Å². The lowest BCUT2D eigenvalue weighted by Crippen LogP contribution is -2.60. The van der Waals surface area contributed by atoms with E-state index in [0.717, 1.165) is 44.9 Å². The molecule has 0 spiro atoms. The Morgan fingerprint density at radius 3 is 1.58 bits per heavy atom. The van der Waals surface area contributed by atoms with Crippen molar-refractivity contribution in [3.05, 3.63) is 48.6 Å². The number of hydrogen-bond donors (Lipinski definition) is 7. The number of aliphatic hydroxyl groups is 6. The number of rotatable bonds is 42. The van der Waals surface area contributed by atoms with Crippen molar-refractivity contribution >= 4 is 5.91 Å². The molecule has 1 heterocycles. The van der Waals surface area contributed by atoms with Crippen LogP contribution in [-0.2, 0) is 14.3 Å². The summed E-state index contributed by atoms with van der Waals surface area (Å²) >= 11 is 0. The van der Waals surface area contributed by atoms with Gasteiger partial charge in [0.15, 0.2) is 6.29 Å². The average molecular weight is 878 g/mol. The summed E-state index contributed by atoms with van der Waals surface area (Å²) in [5.41, 5.74) is 0. The Labute approximate surface area is 378 Å². The molecule has 362 valence electrons. The largest absolute Gasteiger partial charge is 0.394 e. The first kappa shape index (κ1) is 58.1. The zero-order chi connectivity index (χ0) is 45.3. The molecule has 8 atom stereocenters. The second kappa shape index (κ2) is 41.8. The van der Waals surface area contributed by atoms with Gasteiger partial charge in [0.1, 0.15) is 30.5 Å². The Balaban J connectivity index is 2.37. The van der Waals surface area contributed by atoms with Crippen LogP contribution in [0.2, 0.25) is 0 Å². The maximum Gasteiger partial charge on any atom is 0.249 e. The summed E-state index contributed by atoms with van der Waals surface area (Å²) in [6, 6.07) is -0.997. The molecule has 1 aliphatic heterocycles. The summed E-state index contributed by atoms with van der Waals surface area (Å²) in [6.45, 7) is 3.50. The highest BCUT2D eigenvalue weighted by atomic mass is 16.7. The van der Waals surface area contributed by atoms with Crippen LogP contribution in [0.25, 0.3) is 0 Å². The van der Waals surface area contributed by atoms with Crippen molar-refractivity contribution < 1.29 is 44.9 Å². The smallest absolute Gasteiger partial charge is 0.249 e. The van der Waals surface area contributed by atoms with Gasteiger partial charge < -0.3 is 45.4 Å². The molecule has 8 unspecified atom stereocenters. The van der Waals surface area contributed by atoms with Crippen molar-refractivity contribution in [2.45, 2.75) is 262 Å². The van der Waals surface area contributed by atoms with Crippen molar-refractivity contribution in [1.29, 1.82) is 0 Å². The molecular weight excluding hydrogens is 783 g/mol. The highest BCUT2D eigenvalue weighted by molar-refractivity contribution is 5.80. The average Bonchev–Trinajstić information content (AvgIpc) is 3.27. The van der Waals surface area contributed by atoms with E-state index < -0.39 is 61.5 Å². The summed E-state index contributed by atoms with van der Waals surface area (Å²) in [5, 5.41) is 64.8. The monoisotopic (exact) mass is 878 g/mol. The van der Waals surface area contributed by atoms with Crippen LogP contribution in [0.1, 0.15) is 213 Å². The van der Waals surface area contributed by atoms with Crippen molar-refractivity contribution in [2.75, 3.05) is 13.2 Å².